The quantitative estimate of drug-likeness (QED) is 0.794. The number of carbonyl (C=O) groups is 1. The normalized spacial score (nSPS) is 16.3. The summed E-state index contributed by atoms with van der Waals surface area (Å²) in [7, 11) is 0. The van der Waals surface area contributed by atoms with E-state index in [1.165, 1.54) is 18.7 Å². The number of anilines is 1. The third-order valence-corrected chi connectivity index (χ3v) is 4.03. The van der Waals surface area contributed by atoms with Crippen molar-refractivity contribution in [3.05, 3.63) is 24.3 Å². The molecule has 0 radical (unpaired) electrons. The number of benzene rings is 1. The second-order valence-corrected chi connectivity index (χ2v) is 6.04. The van der Waals surface area contributed by atoms with Gasteiger partial charge in [-0.2, -0.15) is 4.98 Å². The number of ether oxygens (including phenoxy) is 1. The third kappa shape index (κ3) is 2.52. The molecule has 1 aromatic carbocycles. The summed E-state index contributed by atoms with van der Waals surface area (Å²) in [5.74, 6) is 1.17. The Bertz CT molecular complexity index is 722. The summed E-state index contributed by atoms with van der Waals surface area (Å²) in [5.41, 5.74) is 2.12. The Morgan fingerprint density at radius 2 is 2.14 bits per heavy atom. The molecular weight excluding hydrogens is 300 g/mol. The standard InChI is InChI=1S/C15H16N4O2S/c1-4-22-15-16-14-13(17-18-15)11-7-5-6-8-12(11)19(9(2)20)10(3)21-14/h5-8,10H,4H2,1-3H3. The van der Waals surface area contributed by atoms with Gasteiger partial charge in [-0.3, -0.25) is 9.69 Å². The number of amides is 1. The summed E-state index contributed by atoms with van der Waals surface area (Å²) in [6.07, 6.45) is -0.462. The Kier molecular flexibility index (Phi) is 3.98. The van der Waals surface area contributed by atoms with Crippen LogP contribution in [-0.2, 0) is 4.79 Å². The Balaban J connectivity index is 2.19. The molecule has 0 saturated carbocycles. The van der Waals surface area contributed by atoms with Crippen LogP contribution in [0.25, 0.3) is 11.3 Å². The number of para-hydroxylation sites is 1. The fraction of sp³-hybridized carbons (Fsp3) is 0.333. The molecule has 0 spiro atoms. The van der Waals surface area contributed by atoms with E-state index in [1.54, 1.807) is 4.90 Å². The molecule has 2 heterocycles. The van der Waals surface area contributed by atoms with E-state index in [1.807, 2.05) is 38.1 Å². The number of thioether (sulfide) groups is 1. The van der Waals surface area contributed by atoms with Gasteiger partial charge in [-0.1, -0.05) is 36.9 Å². The van der Waals surface area contributed by atoms with Crippen molar-refractivity contribution in [2.24, 2.45) is 0 Å². The van der Waals surface area contributed by atoms with Crippen LogP contribution < -0.4 is 9.64 Å². The van der Waals surface area contributed by atoms with Crippen molar-refractivity contribution >= 4 is 23.4 Å². The van der Waals surface area contributed by atoms with Crippen LogP contribution in [-0.4, -0.2) is 33.1 Å². The maximum atomic E-state index is 12.0. The highest BCUT2D eigenvalue weighted by Gasteiger charge is 2.30. The molecule has 3 rings (SSSR count). The molecule has 2 aromatic rings. The van der Waals surface area contributed by atoms with E-state index in [9.17, 15) is 4.79 Å². The SMILES string of the molecule is CCSc1nnc2c(n1)OC(C)N(C(C)=O)c1ccccc1-2. The van der Waals surface area contributed by atoms with Crippen molar-refractivity contribution < 1.29 is 9.53 Å². The first-order valence-corrected chi connectivity index (χ1v) is 8.03. The third-order valence-electron chi connectivity index (χ3n) is 3.31. The number of rotatable bonds is 2. The van der Waals surface area contributed by atoms with E-state index in [2.05, 4.69) is 15.2 Å². The van der Waals surface area contributed by atoms with E-state index >= 15 is 0 Å². The number of fused-ring (bicyclic) bond motifs is 3. The first-order valence-electron chi connectivity index (χ1n) is 7.05. The van der Waals surface area contributed by atoms with E-state index in [-0.39, 0.29) is 5.91 Å². The highest BCUT2D eigenvalue weighted by atomic mass is 32.2. The Labute approximate surface area is 132 Å². The van der Waals surface area contributed by atoms with E-state index in [4.69, 9.17) is 4.74 Å². The van der Waals surface area contributed by atoms with Crippen molar-refractivity contribution in [2.45, 2.75) is 32.2 Å². The van der Waals surface area contributed by atoms with E-state index < -0.39 is 6.23 Å². The van der Waals surface area contributed by atoms with Crippen LogP contribution in [0.4, 0.5) is 5.69 Å². The van der Waals surface area contributed by atoms with E-state index in [0.29, 0.717) is 16.7 Å². The molecule has 0 fully saturated rings. The summed E-state index contributed by atoms with van der Waals surface area (Å²) in [4.78, 5) is 18.1. The molecule has 6 nitrogen and oxygen atoms in total. The number of carbonyl (C=O) groups excluding carboxylic acids is 1. The van der Waals surface area contributed by atoms with Gasteiger partial charge in [0.25, 0.3) is 0 Å². The Morgan fingerprint density at radius 1 is 1.36 bits per heavy atom. The van der Waals surface area contributed by atoms with Crippen molar-refractivity contribution in [1.29, 1.82) is 0 Å². The van der Waals surface area contributed by atoms with Gasteiger partial charge in [0.1, 0.15) is 0 Å². The maximum absolute atomic E-state index is 12.0. The number of hydrogen-bond donors (Lipinski definition) is 0. The minimum atomic E-state index is -0.462. The van der Waals surface area contributed by atoms with Crippen LogP contribution in [0.5, 0.6) is 5.88 Å². The predicted octanol–water partition coefficient (Wildman–Crippen LogP) is 2.74. The molecule has 1 atom stereocenters. The molecule has 0 saturated heterocycles. The summed E-state index contributed by atoms with van der Waals surface area (Å²) >= 11 is 1.50. The monoisotopic (exact) mass is 316 g/mol. The zero-order valence-electron chi connectivity index (χ0n) is 12.6. The number of nitrogens with zero attached hydrogens (tertiary/aromatic N) is 4. The fourth-order valence-corrected chi connectivity index (χ4v) is 2.96. The van der Waals surface area contributed by atoms with Gasteiger partial charge in [0.2, 0.25) is 16.9 Å². The molecule has 1 aromatic heterocycles. The minimum absolute atomic E-state index is 0.0936. The van der Waals surface area contributed by atoms with Crippen LogP contribution in [0.3, 0.4) is 0 Å². The highest BCUT2D eigenvalue weighted by molar-refractivity contribution is 7.99. The van der Waals surface area contributed by atoms with Crippen molar-refractivity contribution in [3.8, 4) is 17.1 Å². The van der Waals surface area contributed by atoms with E-state index in [0.717, 1.165) is 17.0 Å². The minimum Gasteiger partial charge on any atom is -0.452 e. The van der Waals surface area contributed by atoms with Gasteiger partial charge >= 0.3 is 0 Å². The smallest absolute Gasteiger partial charge is 0.247 e. The average Bonchev–Trinajstić information content (AvgIpc) is 2.60. The zero-order chi connectivity index (χ0) is 15.7. The fourth-order valence-electron chi connectivity index (χ4n) is 2.46. The summed E-state index contributed by atoms with van der Waals surface area (Å²) in [6.45, 7) is 5.36. The number of hydrogen-bond acceptors (Lipinski definition) is 6. The van der Waals surface area contributed by atoms with Gasteiger partial charge in [-0.25, -0.2) is 0 Å². The van der Waals surface area contributed by atoms with Crippen LogP contribution >= 0.6 is 11.8 Å². The maximum Gasteiger partial charge on any atom is 0.247 e. The summed E-state index contributed by atoms with van der Waals surface area (Å²) < 4.78 is 5.88. The first-order chi connectivity index (χ1) is 10.6. The van der Waals surface area contributed by atoms with Gasteiger partial charge < -0.3 is 4.74 Å². The van der Waals surface area contributed by atoms with Gasteiger partial charge in [0.15, 0.2) is 11.9 Å². The molecule has 1 unspecified atom stereocenters. The molecule has 1 aliphatic rings. The van der Waals surface area contributed by atoms with Gasteiger partial charge in [0.05, 0.1) is 5.69 Å². The molecule has 0 N–H and O–H groups in total. The molecule has 0 bridgehead atoms. The summed E-state index contributed by atoms with van der Waals surface area (Å²) in [5, 5.41) is 8.98. The van der Waals surface area contributed by atoms with Crippen molar-refractivity contribution in [1.82, 2.24) is 15.2 Å². The zero-order valence-corrected chi connectivity index (χ0v) is 13.4. The van der Waals surface area contributed by atoms with Crippen LogP contribution in [0.1, 0.15) is 20.8 Å². The molecule has 1 amide bonds. The molecule has 7 heteroatoms. The lowest BCUT2D eigenvalue weighted by Crippen LogP contribution is -2.40. The predicted molar refractivity (Wildman–Crippen MR) is 84.9 cm³/mol. The second-order valence-electron chi connectivity index (χ2n) is 4.80. The lowest BCUT2D eigenvalue weighted by Gasteiger charge is -2.26. The van der Waals surface area contributed by atoms with Gasteiger partial charge in [-0.15, -0.1) is 10.2 Å². The topological polar surface area (TPSA) is 68.2 Å². The molecular formula is C15H16N4O2S. The highest BCUT2D eigenvalue weighted by Crippen LogP contribution is 2.39. The van der Waals surface area contributed by atoms with Crippen LogP contribution in [0.15, 0.2) is 29.4 Å². The Morgan fingerprint density at radius 3 is 2.86 bits per heavy atom. The molecule has 22 heavy (non-hydrogen) atoms. The van der Waals surface area contributed by atoms with Gasteiger partial charge in [0, 0.05) is 12.5 Å². The van der Waals surface area contributed by atoms with Gasteiger partial charge in [-0.05, 0) is 18.7 Å². The van der Waals surface area contributed by atoms with Crippen LogP contribution in [0.2, 0.25) is 0 Å². The molecule has 0 aliphatic carbocycles. The second kappa shape index (κ2) is 5.92. The molecule has 1 aliphatic heterocycles. The van der Waals surface area contributed by atoms with Crippen LogP contribution in [0, 0.1) is 0 Å². The first kappa shape index (κ1) is 14.8. The number of aromatic nitrogens is 3. The Hall–Kier alpha value is -2.15. The average molecular weight is 316 g/mol. The largest absolute Gasteiger partial charge is 0.452 e. The van der Waals surface area contributed by atoms with Crippen molar-refractivity contribution in [2.75, 3.05) is 10.7 Å². The lowest BCUT2D eigenvalue weighted by molar-refractivity contribution is -0.118. The lowest BCUT2D eigenvalue weighted by atomic mass is 10.1. The molecule has 114 valence electrons. The summed E-state index contributed by atoms with van der Waals surface area (Å²) in [6, 6.07) is 7.55. The van der Waals surface area contributed by atoms with Crippen molar-refractivity contribution in [3.63, 3.8) is 0 Å².